The molecule has 2 aliphatic heterocycles. The quantitative estimate of drug-likeness (QED) is 0.734. The topological polar surface area (TPSA) is 78.8 Å². The summed E-state index contributed by atoms with van der Waals surface area (Å²) in [7, 11) is 0. The van der Waals surface area contributed by atoms with Crippen LogP contribution in [0.2, 0.25) is 5.02 Å². The van der Waals surface area contributed by atoms with Crippen molar-refractivity contribution >= 4 is 50.3 Å². The van der Waals surface area contributed by atoms with E-state index in [0.717, 1.165) is 16.7 Å². The van der Waals surface area contributed by atoms with Crippen LogP contribution in [0.25, 0.3) is 10.9 Å². The smallest absolute Gasteiger partial charge is 0.407 e. The Morgan fingerprint density at radius 2 is 2.26 bits per heavy atom. The Kier molecular flexibility index (Phi) is 3.46. The number of aromatic nitrogens is 2. The van der Waals surface area contributed by atoms with Crippen molar-refractivity contribution in [1.82, 2.24) is 14.9 Å². The number of anilines is 1. The molecule has 0 radical (unpaired) electrons. The first-order valence-electron chi connectivity index (χ1n) is 7.06. The molecule has 4 rings (SSSR count). The number of nitrogens with zero attached hydrogens (tertiary/aromatic N) is 4. The van der Waals surface area contributed by atoms with Crippen molar-refractivity contribution in [2.24, 2.45) is 0 Å². The molecule has 1 fully saturated rings. The number of amides is 1. The average Bonchev–Trinajstić information content (AvgIpc) is 2.70. The van der Waals surface area contributed by atoms with Crippen LogP contribution in [0.15, 0.2) is 16.9 Å². The van der Waals surface area contributed by atoms with Crippen LogP contribution in [-0.4, -0.2) is 58.4 Å². The molecule has 0 bridgehead atoms. The van der Waals surface area contributed by atoms with Gasteiger partial charge in [0.15, 0.2) is 5.75 Å². The molecule has 23 heavy (non-hydrogen) atoms. The van der Waals surface area contributed by atoms with Crippen molar-refractivity contribution in [2.45, 2.75) is 6.04 Å². The zero-order valence-electron chi connectivity index (χ0n) is 11.9. The second-order valence-electron chi connectivity index (χ2n) is 5.48. The Morgan fingerprint density at radius 1 is 1.43 bits per heavy atom. The second kappa shape index (κ2) is 5.38. The molecule has 0 aliphatic carbocycles. The second-order valence-corrected chi connectivity index (χ2v) is 6.71. The third-order valence-corrected chi connectivity index (χ3v) is 5.43. The van der Waals surface area contributed by atoms with Crippen molar-refractivity contribution in [3.63, 3.8) is 0 Å². The van der Waals surface area contributed by atoms with Crippen LogP contribution in [0.5, 0.6) is 5.75 Å². The van der Waals surface area contributed by atoms with E-state index in [1.807, 2.05) is 6.07 Å². The number of fused-ring (bicyclic) bond motifs is 2. The van der Waals surface area contributed by atoms with Gasteiger partial charge in [0.1, 0.15) is 18.8 Å². The lowest BCUT2D eigenvalue weighted by atomic mass is 10.1. The molecule has 1 aromatic heterocycles. The molecule has 2 aromatic rings. The number of halogens is 2. The van der Waals surface area contributed by atoms with E-state index in [-0.39, 0.29) is 6.04 Å². The summed E-state index contributed by atoms with van der Waals surface area (Å²) in [6, 6.07) is 1.73. The number of hydrogen-bond donors (Lipinski definition) is 1. The lowest BCUT2D eigenvalue weighted by Gasteiger charge is -2.39. The summed E-state index contributed by atoms with van der Waals surface area (Å²) in [5.74, 6) is 1.29. The van der Waals surface area contributed by atoms with Gasteiger partial charge in [-0.25, -0.2) is 14.8 Å². The zero-order valence-corrected chi connectivity index (χ0v) is 14.2. The lowest BCUT2D eigenvalue weighted by molar-refractivity contribution is 0.127. The van der Waals surface area contributed by atoms with Gasteiger partial charge in [-0.1, -0.05) is 11.6 Å². The molecule has 0 saturated carbocycles. The minimum absolute atomic E-state index is 0.111. The van der Waals surface area contributed by atoms with Crippen molar-refractivity contribution in [2.75, 3.05) is 31.1 Å². The first kappa shape index (κ1) is 14.8. The highest BCUT2D eigenvalue weighted by molar-refractivity contribution is 9.10. The molecular weight excluding hydrogens is 388 g/mol. The summed E-state index contributed by atoms with van der Waals surface area (Å²) >= 11 is 9.79. The maximum atomic E-state index is 11.2. The number of piperazine rings is 1. The Balaban J connectivity index is 1.86. The summed E-state index contributed by atoms with van der Waals surface area (Å²) in [6.45, 7) is 1.69. The third kappa shape index (κ3) is 2.28. The van der Waals surface area contributed by atoms with Gasteiger partial charge in [0.05, 0.1) is 22.0 Å². The Bertz CT molecular complexity index is 818. The molecular formula is C14H12BrClN4O3. The van der Waals surface area contributed by atoms with E-state index < -0.39 is 6.09 Å². The Labute approximate surface area is 144 Å². The molecule has 1 N–H and O–H groups in total. The predicted octanol–water partition coefficient (Wildman–Crippen LogP) is 2.61. The van der Waals surface area contributed by atoms with E-state index in [2.05, 4.69) is 30.8 Å². The molecule has 3 heterocycles. The van der Waals surface area contributed by atoms with Crippen molar-refractivity contribution in [1.29, 1.82) is 0 Å². The highest BCUT2D eigenvalue weighted by atomic mass is 79.9. The molecule has 1 amide bonds. The number of benzene rings is 1. The molecule has 1 saturated heterocycles. The fourth-order valence-corrected chi connectivity index (χ4v) is 3.70. The van der Waals surface area contributed by atoms with Crippen LogP contribution >= 0.6 is 27.5 Å². The highest BCUT2D eigenvalue weighted by Crippen LogP contribution is 2.44. The van der Waals surface area contributed by atoms with E-state index in [9.17, 15) is 9.90 Å². The fraction of sp³-hybridized carbons (Fsp3) is 0.357. The van der Waals surface area contributed by atoms with Gasteiger partial charge in [0.25, 0.3) is 0 Å². The lowest BCUT2D eigenvalue weighted by Crippen LogP contribution is -2.56. The summed E-state index contributed by atoms with van der Waals surface area (Å²) in [5, 5.41) is 10.5. The van der Waals surface area contributed by atoms with Crippen molar-refractivity contribution in [3.8, 4) is 5.75 Å². The van der Waals surface area contributed by atoms with Gasteiger partial charge in [0.2, 0.25) is 0 Å². The van der Waals surface area contributed by atoms with Gasteiger partial charge in [0, 0.05) is 24.1 Å². The number of carboxylic acid groups (broad SMARTS) is 1. The first-order valence-corrected chi connectivity index (χ1v) is 8.23. The normalized spacial score (nSPS) is 20.0. The number of carbonyl (C=O) groups is 1. The summed E-state index contributed by atoms with van der Waals surface area (Å²) in [4.78, 5) is 23.4. The fourth-order valence-electron chi connectivity index (χ4n) is 3.10. The number of hydrogen-bond acceptors (Lipinski definition) is 5. The van der Waals surface area contributed by atoms with E-state index >= 15 is 0 Å². The molecule has 0 unspecified atom stereocenters. The third-order valence-electron chi connectivity index (χ3n) is 4.20. The van der Waals surface area contributed by atoms with Gasteiger partial charge in [-0.05, 0) is 22.0 Å². The molecule has 1 aromatic carbocycles. The summed E-state index contributed by atoms with van der Waals surface area (Å²) in [5.41, 5.74) is 0.739. The maximum Gasteiger partial charge on any atom is 0.407 e. The van der Waals surface area contributed by atoms with E-state index in [0.29, 0.717) is 41.5 Å². The van der Waals surface area contributed by atoms with Crippen LogP contribution in [0.4, 0.5) is 10.6 Å². The molecule has 7 nitrogen and oxygen atoms in total. The van der Waals surface area contributed by atoms with Crippen molar-refractivity contribution in [3.05, 3.63) is 21.9 Å². The van der Waals surface area contributed by atoms with Gasteiger partial charge in [-0.2, -0.15) is 0 Å². The van der Waals surface area contributed by atoms with Crippen LogP contribution in [0.1, 0.15) is 0 Å². The van der Waals surface area contributed by atoms with Gasteiger partial charge in [-0.3, -0.25) is 0 Å². The Morgan fingerprint density at radius 3 is 3.04 bits per heavy atom. The Hall–Kier alpha value is -1.80. The van der Waals surface area contributed by atoms with E-state index in [1.54, 1.807) is 0 Å². The van der Waals surface area contributed by atoms with Gasteiger partial charge < -0.3 is 19.6 Å². The molecule has 2 aliphatic rings. The standard InChI is InChI=1S/C14H12BrClN4O3/c15-8-3-9-10-12(11(8)16)23-5-7-4-19(14(21)22)1-2-20(7)13(10)18-6-17-9/h3,6-7H,1-2,4-5H2,(H,21,22)/t7-/m0/s1. The van der Waals surface area contributed by atoms with Crippen LogP contribution in [0.3, 0.4) is 0 Å². The monoisotopic (exact) mass is 398 g/mol. The maximum absolute atomic E-state index is 11.2. The summed E-state index contributed by atoms with van der Waals surface area (Å²) in [6.07, 6.45) is 0.591. The average molecular weight is 400 g/mol. The highest BCUT2D eigenvalue weighted by Gasteiger charge is 2.35. The van der Waals surface area contributed by atoms with E-state index in [4.69, 9.17) is 16.3 Å². The predicted molar refractivity (Wildman–Crippen MR) is 88.5 cm³/mol. The summed E-state index contributed by atoms with van der Waals surface area (Å²) < 4.78 is 6.63. The van der Waals surface area contributed by atoms with Gasteiger partial charge >= 0.3 is 6.09 Å². The van der Waals surface area contributed by atoms with Crippen molar-refractivity contribution < 1.29 is 14.6 Å². The van der Waals surface area contributed by atoms with Crippen LogP contribution < -0.4 is 9.64 Å². The van der Waals surface area contributed by atoms with Gasteiger partial charge in [-0.15, -0.1) is 0 Å². The molecule has 0 spiro atoms. The molecule has 9 heteroatoms. The molecule has 1 atom stereocenters. The van der Waals surface area contributed by atoms with E-state index in [1.165, 1.54) is 11.2 Å². The van der Waals surface area contributed by atoms with Crippen LogP contribution in [-0.2, 0) is 0 Å². The molecule has 120 valence electrons. The zero-order chi connectivity index (χ0) is 16.1. The minimum Gasteiger partial charge on any atom is -0.489 e. The minimum atomic E-state index is -0.917. The first-order chi connectivity index (χ1) is 11.1. The number of rotatable bonds is 0. The number of ether oxygens (including phenoxy) is 1. The van der Waals surface area contributed by atoms with Crippen LogP contribution in [0, 0.1) is 0 Å². The largest absolute Gasteiger partial charge is 0.489 e. The SMILES string of the molecule is O=C(O)N1CCN2c3ncnc4cc(Br)c(Cl)c(c34)OC[C@@H]2C1.